The maximum atomic E-state index is 5.98. The average Bonchev–Trinajstić information content (AvgIpc) is 2.75. The molecule has 6 heteroatoms. The first kappa shape index (κ1) is 20.8. The molecule has 1 aliphatic rings. The molecule has 0 saturated carbocycles. The number of hydrogen-bond donors (Lipinski definition) is 2. The highest BCUT2D eigenvalue weighted by molar-refractivity contribution is 9.10. The first-order valence-corrected chi connectivity index (χ1v) is 9.45. The fraction of sp³-hybridized carbons (Fsp3) is 0.400. The van der Waals surface area contributed by atoms with Crippen LogP contribution in [0.4, 0.5) is 11.4 Å². The summed E-state index contributed by atoms with van der Waals surface area (Å²) in [4.78, 5) is 0. The highest BCUT2D eigenvalue weighted by Crippen LogP contribution is 2.36. The van der Waals surface area contributed by atoms with Gasteiger partial charge in [-0.2, -0.15) is 0 Å². The number of halogens is 1. The van der Waals surface area contributed by atoms with Gasteiger partial charge < -0.3 is 20.8 Å². The van der Waals surface area contributed by atoms with Gasteiger partial charge >= 0.3 is 7.12 Å². The monoisotopic (exact) mass is 418 g/mol. The summed E-state index contributed by atoms with van der Waals surface area (Å²) in [7, 11) is -0.306. The molecular weight excluding hydrogens is 391 g/mol. The molecule has 2 aromatic carbocycles. The molecule has 1 saturated heterocycles. The summed E-state index contributed by atoms with van der Waals surface area (Å²) in [5.74, 6) is 0. The van der Waals surface area contributed by atoms with E-state index in [2.05, 4.69) is 43.6 Å². The number of benzene rings is 2. The van der Waals surface area contributed by atoms with Crippen LogP contribution in [0.2, 0.25) is 0 Å². The Morgan fingerprint density at radius 3 is 1.69 bits per heavy atom. The quantitative estimate of drug-likeness (QED) is 0.537. The van der Waals surface area contributed by atoms with E-state index in [1.807, 2.05) is 50.2 Å². The molecule has 0 amide bonds. The van der Waals surface area contributed by atoms with E-state index in [9.17, 15) is 0 Å². The van der Waals surface area contributed by atoms with Gasteiger partial charge in [0.1, 0.15) is 0 Å². The third-order valence-corrected chi connectivity index (χ3v) is 5.54. The number of aryl methyl sites for hydroxylation is 2. The summed E-state index contributed by atoms with van der Waals surface area (Å²) in [6, 6.07) is 11.7. The molecule has 0 bridgehead atoms. The molecule has 26 heavy (non-hydrogen) atoms. The van der Waals surface area contributed by atoms with Gasteiger partial charge in [0.2, 0.25) is 0 Å². The van der Waals surface area contributed by atoms with Crippen LogP contribution in [0.3, 0.4) is 0 Å². The lowest BCUT2D eigenvalue weighted by atomic mass is 9.78. The van der Waals surface area contributed by atoms with E-state index in [1.54, 1.807) is 0 Å². The van der Waals surface area contributed by atoms with E-state index >= 15 is 0 Å². The SMILES string of the molecule is Cc1cc(B2OC(C)(C)C(C)(C)O2)ccc1N.Cc1cc(Br)ccc1N. The lowest BCUT2D eigenvalue weighted by molar-refractivity contribution is 0.00578. The van der Waals surface area contributed by atoms with Crippen molar-refractivity contribution in [2.45, 2.75) is 52.7 Å². The maximum absolute atomic E-state index is 5.98. The molecule has 4 N–H and O–H groups in total. The van der Waals surface area contributed by atoms with Crippen LogP contribution in [-0.4, -0.2) is 18.3 Å². The first-order chi connectivity index (χ1) is 11.9. The molecule has 2 aromatic rings. The van der Waals surface area contributed by atoms with Crippen LogP contribution < -0.4 is 16.9 Å². The van der Waals surface area contributed by atoms with Crippen molar-refractivity contribution in [2.24, 2.45) is 0 Å². The summed E-state index contributed by atoms with van der Waals surface area (Å²) < 4.78 is 13.0. The molecule has 1 fully saturated rings. The molecule has 0 spiro atoms. The van der Waals surface area contributed by atoms with Crippen molar-refractivity contribution in [1.82, 2.24) is 0 Å². The molecule has 140 valence electrons. The van der Waals surface area contributed by atoms with Crippen LogP contribution >= 0.6 is 15.9 Å². The zero-order valence-corrected chi connectivity index (χ0v) is 18.0. The summed E-state index contributed by atoms with van der Waals surface area (Å²) in [6.45, 7) is 12.2. The highest BCUT2D eigenvalue weighted by Gasteiger charge is 2.51. The van der Waals surface area contributed by atoms with E-state index in [0.717, 1.165) is 32.4 Å². The van der Waals surface area contributed by atoms with Crippen molar-refractivity contribution in [3.8, 4) is 0 Å². The molecular formula is C20H28BBrN2O2. The third kappa shape index (κ3) is 4.61. The van der Waals surface area contributed by atoms with Crippen molar-refractivity contribution < 1.29 is 9.31 Å². The predicted molar refractivity (Wildman–Crippen MR) is 115 cm³/mol. The third-order valence-electron chi connectivity index (χ3n) is 5.05. The number of rotatable bonds is 1. The van der Waals surface area contributed by atoms with E-state index in [0.29, 0.717) is 0 Å². The number of hydrogen-bond acceptors (Lipinski definition) is 4. The molecule has 1 aliphatic heterocycles. The number of anilines is 2. The van der Waals surface area contributed by atoms with Crippen molar-refractivity contribution in [3.05, 3.63) is 52.0 Å². The smallest absolute Gasteiger partial charge is 0.399 e. The van der Waals surface area contributed by atoms with Gasteiger partial charge in [-0.1, -0.05) is 28.1 Å². The lowest BCUT2D eigenvalue weighted by Gasteiger charge is -2.32. The van der Waals surface area contributed by atoms with Crippen LogP contribution in [0.1, 0.15) is 38.8 Å². The van der Waals surface area contributed by atoms with E-state index in [1.165, 1.54) is 0 Å². The molecule has 0 aromatic heterocycles. The normalized spacial score (nSPS) is 17.6. The van der Waals surface area contributed by atoms with Gasteiger partial charge in [-0.15, -0.1) is 0 Å². The van der Waals surface area contributed by atoms with Gasteiger partial charge in [0.25, 0.3) is 0 Å². The minimum absolute atomic E-state index is 0.299. The van der Waals surface area contributed by atoms with Gasteiger partial charge in [-0.05, 0) is 82.4 Å². The van der Waals surface area contributed by atoms with Crippen molar-refractivity contribution in [3.63, 3.8) is 0 Å². The number of nitrogen functional groups attached to an aromatic ring is 2. The van der Waals surface area contributed by atoms with Gasteiger partial charge in [-0.25, -0.2) is 0 Å². The second kappa shape index (κ2) is 7.63. The van der Waals surface area contributed by atoms with E-state index in [-0.39, 0.29) is 18.3 Å². The molecule has 0 atom stereocenters. The average molecular weight is 419 g/mol. The van der Waals surface area contributed by atoms with Crippen LogP contribution in [0.15, 0.2) is 40.9 Å². The second-order valence-corrected chi connectivity index (χ2v) is 8.62. The molecule has 1 heterocycles. The Hall–Kier alpha value is -1.50. The Morgan fingerprint density at radius 2 is 1.27 bits per heavy atom. The van der Waals surface area contributed by atoms with Crippen molar-refractivity contribution >= 4 is 39.9 Å². The first-order valence-electron chi connectivity index (χ1n) is 8.66. The zero-order chi connectivity index (χ0) is 19.7. The van der Waals surface area contributed by atoms with Gasteiger partial charge in [-0.3, -0.25) is 0 Å². The van der Waals surface area contributed by atoms with Crippen molar-refractivity contribution in [2.75, 3.05) is 11.5 Å². The van der Waals surface area contributed by atoms with Gasteiger partial charge in [0.15, 0.2) is 0 Å². The Balaban J connectivity index is 0.000000228. The zero-order valence-electron chi connectivity index (χ0n) is 16.4. The molecule has 4 nitrogen and oxygen atoms in total. The largest absolute Gasteiger partial charge is 0.494 e. The highest BCUT2D eigenvalue weighted by atomic mass is 79.9. The molecule has 3 rings (SSSR count). The Labute approximate surface area is 165 Å². The minimum Gasteiger partial charge on any atom is -0.399 e. The summed E-state index contributed by atoms with van der Waals surface area (Å²) in [6.07, 6.45) is 0. The second-order valence-electron chi connectivity index (χ2n) is 7.71. The fourth-order valence-electron chi connectivity index (χ4n) is 2.46. The lowest BCUT2D eigenvalue weighted by Crippen LogP contribution is -2.41. The van der Waals surface area contributed by atoms with Crippen LogP contribution in [-0.2, 0) is 9.31 Å². The van der Waals surface area contributed by atoms with Crippen molar-refractivity contribution in [1.29, 1.82) is 0 Å². The molecule has 0 aliphatic carbocycles. The minimum atomic E-state index is -0.306. The summed E-state index contributed by atoms with van der Waals surface area (Å²) >= 11 is 3.34. The van der Waals surface area contributed by atoms with Crippen LogP contribution in [0, 0.1) is 13.8 Å². The maximum Gasteiger partial charge on any atom is 0.494 e. The number of nitrogens with two attached hydrogens (primary N) is 2. The topological polar surface area (TPSA) is 70.5 Å². The van der Waals surface area contributed by atoms with Crippen LogP contribution in [0.5, 0.6) is 0 Å². The fourth-order valence-corrected chi connectivity index (χ4v) is 2.94. The Morgan fingerprint density at radius 1 is 0.808 bits per heavy atom. The van der Waals surface area contributed by atoms with Gasteiger partial charge in [0, 0.05) is 15.8 Å². The summed E-state index contributed by atoms with van der Waals surface area (Å²) in [5.41, 5.74) is 15.6. The van der Waals surface area contributed by atoms with E-state index < -0.39 is 0 Å². The Bertz CT molecular complexity index is 777. The molecule has 0 unspecified atom stereocenters. The standard InChI is InChI=1S/C13H20BNO2.C7H8BrN/c1-9-8-10(6-7-11(9)15)14-16-12(2,3)13(4,5)17-14;1-5-4-6(8)2-3-7(5)9/h6-8H,15H2,1-5H3;2-4H,9H2,1H3. The summed E-state index contributed by atoms with van der Waals surface area (Å²) in [5, 5.41) is 0. The van der Waals surface area contributed by atoms with E-state index in [4.69, 9.17) is 20.8 Å². The molecule has 0 radical (unpaired) electrons. The Kier molecular flexibility index (Phi) is 6.11. The van der Waals surface area contributed by atoms with Crippen LogP contribution in [0.25, 0.3) is 0 Å². The predicted octanol–water partition coefficient (Wildman–Crippen LogP) is 4.22. The van der Waals surface area contributed by atoms with Gasteiger partial charge in [0.05, 0.1) is 11.2 Å².